The van der Waals surface area contributed by atoms with Crippen molar-refractivity contribution in [1.82, 2.24) is 10.2 Å². The molecule has 14 heavy (non-hydrogen) atoms. The van der Waals surface area contributed by atoms with Crippen molar-refractivity contribution in [2.75, 3.05) is 18.0 Å². The third-order valence-electron chi connectivity index (χ3n) is 2.40. The van der Waals surface area contributed by atoms with Crippen molar-refractivity contribution in [1.29, 1.82) is 5.41 Å². The first-order chi connectivity index (χ1) is 6.79. The molecule has 1 aliphatic heterocycles. The Morgan fingerprint density at radius 3 is 2.79 bits per heavy atom. The Balaban J connectivity index is 2.35. The summed E-state index contributed by atoms with van der Waals surface area (Å²) >= 11 is 0. The number of anilines is 1. The van der Waals surface area contributed by atoms with Crippen molar-refractivity contribution >= 4 is 11.7 Å². The lowest BCUT2D eigenvalue weighted by atomic mass is 10.2. The Bertz CT molecular complexity index is 343. The highest BCUT2D eigenvalue weighted by atomic mass is 15.3. The number of nitrogens with zero attached hydrogens (tertiary/aromatic N) is 3. The average Bonchev–Trinajstić information content (AvgIpc) is 2.70. The topological polar surface area (TPSA) is 78.9 Å². The molecule has 74 valence electrons. The second kappa shape index (κ2) is 3.61. The van der Waals surface area contributed by atoms with Gasteiger partial charge in [0.2, 0.25) is 0 Å². The minimum absolute atomic E-state index is 0.0572. The maximum Gasteiger partial charge on any atom is 0.162 e. The minimum atomic E-state index is 0.0572. The highest BCUT2D eigenvalue weighted by Crippen LogP contribution is 2.20. The number of nitrogens with two attached hydrogens (primary N) is 1. The maximum absolute atomic E-state index is 7.42. The number of nitrogens with one attached hydrogen (secondary N) is 1. The highest BCUT2D eigenvalue weighted by Gasteiger charge is 2.18. The second-order valence-electron chi connectivity index (χ2n) is 3.38. The van der Waals surface area contributed by atoms with Crippen LogP contribution in [0.4, 0.5) is 5.82 Å². The first-order valence-corrected chi connectivity index (χ1v) is 4.70. The van der Waals surface area contributed by atoms with Crippen molar-refractivity contribution in [3.05, 3.63) is 17.8 Å². The Kier molecular flexibility index (Phi) is 2.30. The van der Waals surface area contributed by atoms with Gasteiger partial charge in [0.1, 0.15) is 5.84 Å². The van der Waals surface area contributed by atoms with Crippen LogP contribution < -0.4 is 10.6 Å². The zero-order valence-corrected chi connectivity index (χ0v) is 7.90. The van der Waals surface area contributed by atoms with E-state index in [1.54, 1.807) is 12.3 Å². The molecule has 5 nitrogen and oxygen atoms in total. The van der Waals surface area contributed by atoms with Crippen molar-refractivity contribution in [3.8, 4) is 0 Å². The van der Waals surface area contributed by atoms with Crippen LogP contribution in [0.3, 0.4) is 0 Å². The largest absolute Gasteiger partial charge is 0.384 e. The normalized spacial score (nSPS) is 15.9. The molecule has 1 aliphatic rings. The Morgan fingerprint density at radius 1 is 1.43 bits per heavy atom. The van der Waals surface area contributed by atoms with E-state index < -0.39 is 0 Å². The SMILES string of the molecule is N=C(N)c1ccnnc1N1CCCC1. The summed E-state index contributed by atoms with van der Waals surface area (Å²) in [5.41, 5.74) is 6.15. The van der Waals surface area contributed by atoms with Gasteiger partial charge in [0.15, 0.2) is 5.82 Å². The maximum atomic E-state index is 7.42. The van der Waals surface area contributed by atoms with Crippen molar-refractivity contribution in [2.45, 2.75) is 12.8 Å². The van der Waals surface area contributed by atoms with E-state index in [2.05, 4.69) is 15.1 Å². The van der Waals surface area contributed by atoms with Crippen molar-refractivity contribution < 1.29 is 0 Å². The van der Waals surface area contributed by atoms with E-state index in [1.807, 2.05) is 0 Å². The first kappa shape index (κ1) is 8.93. The monoisotopic (exact) mass is 191 g/mol. The third-order valence-corrected chi connectivity index (χ3v) is 2.40. The van der Waals surface area contributed by atoms with Gasteiger partial charge in [-0.1, -0.05) is 0 Å². The fraction of sp³-hybridized carbons (Fsp3) is 0.444. The van der Waals surface area contributed by atoms with Crippen LogP contribution in [0.1, 0.15) is 18.4 Å². The molecule has 0 unspecified atom stereocenters. The van der Waals surface area contributed by atoms with Gasteiger partial charge >= 0.3 is 0 Å². The standard InChI is InChI=1S/C9H13N5/c10-8(11)7-3-4-12-13-9(7)14-5-1-2-6-14/h3-4H,1-2,5-6H2,(H3,10,11). The molecule has 0 aromatic carbocycles. The molecule has 1 fully saturated rings. The summed E-state index contributed by atoms with van der Waals surface area (Å²) in [6.45, 7) is 1.97. The molecule has 2 rings (SSSR count). The van der Waals surface area contributed by atoms with Crippen LogP contribution in [0.25, 0.3) is 0 Å². The van der Waals surface area contributed by atoms with Crippen LogP contribution in [0.15, 0.2) is 12.3 Å². The molecule has 0 radical (unpaired) electrons. The Labute approximate surface area is 82.4 Å². The zero-order chi connectivity index (χ0) is 9.97. The average molecular weight is 191 g/mol. The fourth-order valence-corrected chi connectivity index (χ4v) is 1.70. The van der Waals surface area contributed by atoms with E-state index >= 15 is 0 Å². The first-order valence-electron chi connectivity index (χ1n) is 4.70. The van der Waals surface area contributed by atoms with Crippen LogP contribution in [0.2, 0.25) is 0 Å². The van der Waals surface area contributed by atoms with E-state index in [-0.39, 0.29) is 5.84 Å². The molecule has 1 aromatic rings. The Hall–Kier alpha value is -1.65. The molecule has 0 saturated carbocycles. The molecule has 0 atom stereocenters. The van der Waals surface area contributed by atoms with E-state index in [4.69, 9.17) is 11.1 Å². The summed E-state index contributed by atoms with van der Waals surface area (Å²) in [6.07, 6.45) is 3.91. The number of hydrogen-bond donors (Lipinski definition) is 2. The van der Waals surface area contributed by atoms with Crippen molar-refractivity contribution in [2.24, 2.45) is 5.73 Å². The summed E-state index contributed by atoms with van der Waals surface area (Å²) in [5.74, 6) is 0.805. The summed E-state index contributed by atoms with van der Waals surface area (Å²) in [7, 11) is 0. The Morgan fingerprint density at radius 2 is 2.14 bits per heavy atom. The molecule has 0 bridgehead atoms. The molecule has 1 saturated heterocycles. The lowest BCUT2D eigenvalue weighted by molar-refractivity contribution is 0.890. The summed E-state index contributed by atoms with van der Waals surface area (Å²) in [4.78, 5) is 2.13. The van der Waals surface area contributed by atoms with E-state index in [0.717, 1.165) is 18.9 Å². The lowest BCUT2D eigenvalue weighted by Crippen LogP contribution is -2.24. The number of hydrogen-bond acceptors (Lipinski definition) is 4. The van der Waals surface area contributed by atoms with E-state index in [0.29, 0.717) is 5.56 Å². The number of rotatable bonds is 2. The van der Waals surface area contributed by atoms with Crippen LogP contribution in [0.5, 0.6) is 0 Å². The van der Waals surface area contributed by atoms with Crippen LogP contribution in [-0.2, 0) is 0 Å². The number of amidine groups is 1. The predicted molar refractivity (Wildman–Crippen MR) is 54.5 cm³/mol. The van der Waals surface area contributed by atoms with Gasteiger partial charge in [0.05, 0.1) is 11.8 Å². The molecule has 0 amide bonds. The molecular weight excluding hydrogens is 178 g/mol. The van der Waals surface area contributed by atoms with Gasteiger partial charge in [0, 0.05) is 13.1 Å². The predicted octanol–water partition coefficient (Wildman–Crippen LogP) is 0.361. The summed E-state index contributed by atoms with van der Waals surface area (Å²) in [5, 5.41) is 15.3. The van der Waals surface area contributed by atoms with E-state index in [9.17, 15) is 0 Å². The fourth-order valence-electron chi connectivity index (χ4n) is 1.70. The molecule has 2 heterocycles. The molecular formula is C9H13N5. The van der Waals surface area contributed by atoms with Gasteiger partial charge < -0.3 is 10.6 Å². The molecule has 0 aliphatic carbocycles. The smallest absolute Gasteiger partial charge is 0.162 e. The quantitative estimate of drug-likeness (QED) is 0.522. The van der Waals surface area contributed by atoms with E-state index in [1.165, 1.54) is 12.8 Å². The van der Waals surface area contributed by atoms with Gasteiger partial charge in [-0.2, -0.15) is 5.10 Å². The zero-order valence-electron chi connectivity index (χ0n) is 7.90. The van der Waals surface area contributed by atoms with Gasteiger partial charge in [0.25, 0.3) is 0 Å². The van der Waals surface area contributed by atoms with Crippen molar-refractivity contribution in [3.63, 3.8) is 0 Å². The van der Waals surface area contributed by atoms with Gasteiger partial charge in [-0.15, -0.1) is 5.10 Å². The second-order valence-corrected chi connectivity index (χ2v) is 3.38. The number of nitrogen functional groups attached to an aromatic ring is 1. The van der Waals surface area contributed by atoms with Crippen LogP contribution in [-0.4, -0.2) is 29.1 Å². The third kappa shape index (κ3) is 1.53. The molecule has 3 N–H and O–H groups in total. The lowest BCUT2D eigenvalue weighted by Gasteiger charge is -2.17. The van der Waals surface area contributed by atoms with Crippen LogP contribution >= 0.6 is 0 Å². The van der Waals surface area contributed by atoms with Gasteiger partial charge in [-0.25, -0.2) is 0 Å². The van der Waals surface area contributed by atoms with Gasteiger partial charge in [-0.3, -0.25) is 5.41 Å². The molecule has 1 aromatic heterocycles. The summed E-state index contributed by atoms with van der Waals surface area (Å²) < 4.78 is 0. The highest BCUT2D eigenvalue weighted by molar-refractivity contribution is 5.99. The minimum Gasteiger partial charge on any atom is -0.384 e. The van der Waals surface area contributed by atoms with Gasteiger partial charge in [-0.05, 0) is 18.9 Å². The summed E-state index contributed by atoms with van der Waals surface area (Å²) in [6, 6.07) is 1.74. The van der Waals surface area contributed by atoms with Crippen LogP contribution in [0, 0.1) is 5.41 Å². The number of aromatic nitrogens is 2. The molecule has 5 heteroatoms. The molecule has 0 spiro atoms.